The Kier molecular flexibility index (Phi) is 5.33. The van der Waals surface area contributed by atoms with Crippen LogP contribution in [0.3, 0.4) is 0 Å². The van der Waals surface area contributed by atoms with Gasteiger partial charge in [0.25, 0.3) is 0 Å². The zero-order chi connectivity index (χ0) is 12.0. The highest BCUT2D eigenvalue weighted by Crippen LogP contribution is 2.26. The van der Waals surface area contributed by atoms with Gasteiger partial charge in [0.15, 0.2) is 0 Å². The van der Waals surface area contributed by atoms with E-state index in [1.54, 1.807) is 7.11 Å². The second-order valence-electron chi connectivity index (χ2n) is 4.21. The SMILES string of the molecule is CCC(CC)CC(O)c1ccc(OC)cc1. The summed E-state index contributed by atoms with van der Waals surface area (Å²) in [6.07, 6.45) is 2.75. The lowest BCUT2D eigenvalue weighted by Crippen LogP contribution is -2.05. The number of benzene rings is 1. The molecule has 0 radical (unpaired) electrons. The average Bonchev–Trinajstić information content (AvgIpc) is 2.35. The first-order valence-corrected chi connectivity index (χ1v) is 6.03. The summed E-state index contributed by atoms with van der Waals surface area (Å²) < 4.78 is 5.09. The van der Waals surface area contributed by atoms with Crippen LogP contribution in [0.25, 0.3) is 0 Å². The lowest BCUT2D eigenvalue weighted by molar-refractivity contribution is 0.141. The topological polar surface area (TPSA) is 29.5 Å². The molecule has 0 aliphatic rings. The van der Waals surface area contributed by atoms with Gasteiger partial charge < -0.3 is 9.84 Å². The highest BCUT2D eigenvalue weighted by atomic mass is 16.5. The largest absolute Gasteiger partial charge is 0.497 e. The maximum absolute atomic E-state index is 10.1. The molecule has 0 aliphatic carbocycles. The van der Waals surface area contributed by atoms with Crippen molar-refractivity contribution in [2.45, 2.75) is 39.2 Å². The average molecular weight is 222 g/mol. The Labute approximate surface area is 98.3 Å². The van der Waals surface area contributed by atoms with Gasteiger partial charge in [-0.05, 0) is 30.0 Å². The second kappa shape index (κ2) is 6.54. The van der Waals surface area contributed by atoms with Crippen LogP contribution in [0.15, 0.2) is 24.3 Å². The molecule has 1 aromatic carbocycles. The Morgan fingerprint density at radius 1 is 1.12 bits per heavy atom. The number of rotatable bonds is 6. The lowest BCUT2D eigenvalue weighted by atomic mass is 9.93. The standard InChI is InChI=1S/C14H22O2/c1-4-11(5-2)10-14(15)12-6-8-13(16-3)9-7-12/h6-9,11,14-15H,4-5,10H2,1-3H3. The maximum atomic E-state index is 10.1. The van der Waals surface area contributed by atoms with E-state index in [1.165, 1.54) is 0 Å². The van der Waals surface area contributed by atoms with E-state index in [-0.39, 0.29) is 6.10 Å². The van der Waals surface area contributed by atoms with Crippen LogP contribution in [0.5, 0.6) is 5.75 Å². The number of hydrogen-bond donors (Lipinski definition) is 1. The third-order valence-corrected chi connectivity index (χ3v) is 3.21. The third kappa shape index (κ3) is 3.53. The van der Waals surface area contributed by atoms with Crippen LogP contribution in [0.1, 0.15) is 44.8 Å². The number of aliphatic hydroxyl groups is 1. The molecule has 90 valence electrons. The number of hydrogen-bond acceptors (Lipinski definition) is 2. The summed E-state index contributed by atoms with van der Waals surface area (Å²) in [5.74, 6) is 1.44. The summed E-state index contributed by atoms with van der Waals surface area (Å²) >= 11 is 0. The molecule has 1 rings (SSSR count). The molecule has 0 aromatic heterocycles. The molecule has 1 atom stereocenters. The van der Waals surface area contributed by atoms with Crippen molar-refractivity contribution in [1.82, 2.24) is 0 Å². The predicted molar refractivity (Wildman–Crippen MR) is 66.6 cm³/mol. The summed E-state index contributed by atoms with van der Waals surface area (Å²) in [5.41, 5.74) is 0.979. The molecular formula is C14H22O2. The molecule has 0 saturated heterocycles. The minimum Gasteiger partial charge on any atom is -0.497 e. The summed E-state index contributed by atoms with van der Waals surface area (Å²) in [5, 5.41) is 10.1. The van der Waals surface area contributed by atoms with Gasteiger partial charge >= 0.3 is 0 Å². The van der Waals surface area contributed by atoms with Gasteiger partial charge in [-0.1, -0.05) is 38.8 Å². The van der Waals surface area contributed by atoms with Crippen molar-refractivity contribution >= 4 is 0 Å². The van der Waals surface area contributed by atoms with E-state index in [1.807, 2.05) is 24.3 Å². The minimum atomic E-state index is -0.351. The molecule has 1 unspecified atom stereocenters. The Morgan fingerprint density at radius 2 is 1.69 bits per heavy atom. The Balaban J connectivity index is 2.61. The van der Waals surface area contributed by atoms with Gasteiger partial charge in [-0.25, -0.2) is 0 Å². The molecule has 0 bridgehead atoms. The van der Waals surface area contributed by atoms with Gasteiger partial charge in [0.1, 0.15) is 5.75 Å². The van der Waals surface area contributed by atoms with Gasteiger partial charge in [0.05, 0.1) is 13.2 Å². The molecule has 0 saturated carbocycles. The molecule has 0 fully saturated rings. The highest BCUT2D eigenvalue weighted by Gasteiger charge is 2.13. The van der Waals surface area contributed by atoms with Crippen LogP contribution in [-0.2, 0) is 0 Å². The summed E-state index contributed by atoms with van der Waals surface area (Å²) in [6.45, 7) is 4.35. The van der Waals surface area contributed by atoms with E-state index in [0.29, 0.717) is 5.92 Å². The molecule has 2 heteroatoms. The molecule has 0 spiro atoms. The smallest absolute Gasteiger partial charge is 0.118 e. The first kappa shape index (κ1) is 13.0. The summed E-state index contributed by atoms with van der Waals surface area (Å²) in [7, 11) is 1.65. The Bertz CT molecular complexity index is 288. The van der Waals surface area contributed by atoms with Gasteiger partial charge in [-0.2, -0.15) is 0 Å². The fourth-order valence-corrected chi connectivity index (χ4v) is 1.90. The quantitative estimate of drug-likeness (QED) is 0.797. The van der Waals surface area contributed by atoms with Crippen molar-refractivity contribution < 1.29 is 9.84 Å². The highest BCUT2D eigenvalue weighted by molar-refractivity contribution is 5.28. The zero-order valence-electron chi connectivity index (χ0n) is 10.4. The molecule has 0 amide bonds. The number of aliphatic hydroxyl groups excluding tert-OH is 1. The molecule has 1 aromatic rings. The first-order valence-electron chi connectivity index (χ1n) is 6.03. The normalized spacial score (nSPS) is 12.8. The Morgan fingerprint density at radius 3 is 2.12 bits per heavy atom. The van der Waals surface area contributed by atoms with E-state index in [4.69, 9.17) is 4.74 Å². The maximum Gasteiger partial charge on any atom is 0.118 e. The van der Waals surface area contributed by atoms with Crippen molar-refractivity contribution in [2.75, 3.05) is 7.11 Å². The van der Waals surface area contributed by atoms with Crippen LogP contribution < -0.4 is 4.74 Å². The van der Waals surface area contributed by atoms with E-state index in [9.17, 15) is 5.11 Å². The van der Waals surface area contributed by atoms with E-state index < -0.39 is 0 Å². The fourth-order valence-electron chi connectivity index (χ4n) is 1.90. The fraction of sp³-hybridized carbons (Fsp3) is 0.571. The van der Waals surface area contributed by atoms with Crippen LogP contribution in [0.2, 0.25) is 0 Å². The van der Waals surface area contributed by atoms with Gasteiger partial charge in [0.2, 0.25) is 0 Å². The van der Waals surface area contributed by atoms with Crippen LogP contribution in [0, 0.1) is 5.92 Å². The molecular weight excluding hydrogens is 200 g/mol. The van der Waals surface area contributed by atoms with Crippen molar-refractivity contribution in [2.24, 2.45) is 5.92 Å². The monoisotopic (exact) mass is 222 g/mol. The minimum absolute atomic E-state index is 0.351. The van der Waals surface area contributed by atoms with Crippen molar-refractivity contribution in [1.29, 1.82) is 0 Å². The van der Waals surface area contributed by atoms with Crippen LogP contribution in [-0.4, -0.2) is 12.2 Å². The van der Waals surface area contributed by atoms with E-state index >= 15 is 0 Å². The number of ether oxygens (including phenoxy) is 1. The molecule has 1 N–H and O–H groups in total. The molecule has 16 heavy (non-hydrogen) atoms. The summed E-state index contributed by atoms with van der Waals surface area (Å²) in [6, 6.07) is 7.66. The van der Waals surface area contributed by atoms with Crippen molar-refractivity contribution in [3.8, 4) is 5.75 Å². The molecule has 0 aliphatic heterocycles. The lowest BCUT2D eigenvalue weighted by Gasteiger charge is -2.17. The van der Waals surface area contributed by atoms with E-state index in [0.717, 1.165) is 30.6 Å². The van der Waals surface area contributed by atoms with Crippen molar-refractivity contribution in [3.05, 3.63) is 29.8 Å². The predicted octanol–water partition coefficient (Wildman–Crippen LogP) is 3.55. The van der Waals surface area contributed by atoms with Crippen LogP contribution in [0.4, 0.5) is 0 Å². The van der Waals surface area contributed by atoms with Gasteiger partial charge in [-0.3, -0.25) is 0 Å². The van der Waals surface area contributed by atoms with Crippen LogP contribution >= 0.6 is 0 Å². The first-order chi connectivity index (χ1) is 7.71. The summed E-state index contributed by atoms with van der Waals surface area (Å²) in [4.78, 5) is 0. The third-order valence-electron chi connectivity index (χ3n) is 3.21. The second-order valence-corrected chi connectivity index (χ2v) is 4.21. The van der Waals surface area contributed by atoms with Gasteiger partial charge in [0, 0.05) is 0 Å². The number of methoxy groups -OCH3 is 1. The molecule has 2 nitrogen and oxygen atoms in total. The van der Waals surface area contributed by atoms with Crippen molar-refractivity contribution in [3.63, 3.8) is 0 Å². The Hall–Kier alpha value is -1.02. The van der Waals surface area contributed by atoms with E-state index in [2.05, 4.69) is 13.8 Å². The zero-order valence-corrected chi connectivity index (χ0v) is 10.4. The molecule has 0 heterocycles. The van der Waals surface area contributed by atoms with Gasteiger partial charge in [-0.15, -0.1) is 0 Å².